The van der Waals surface area contributed by atoms with Gasteiger partial charge in [0.2, 0.25) is 5.95 Å². The molecule has 0 radical (unpaired) electrons. The fourth-order valence-corrected chi connectivity index (χ4v) is 1.94. The van der Waals surface area contributed by atoms with E-state index in [9.17, 15) is 9.59 Å². The molecular weight excluding hydrogens is 326 g/mol. The lowest BCUT2D eigenvalue weighted by atomic mass is 10.2. The molecule has 1 heterocycles. The Morgan fingerprint density at radius 3 is 2.75 bits per heavy atom. The van der Waals surface area contributed by atoms with Crippen molar-refractivity contribution in [2.24, 2.45) is 0 Å². The van der Waals surface area contributed by atoms with E-state index in [1.54, 1.807) is 31.2 Å². The molecule has 0 spiro atoms. The van der Waals surface area contributed by atoms with Crippen molar-refractivity contribution < 1.29 is 4.79 Å². The quantitative estimate of drug-likeness (QED) is 0.729. The molecule has 0 aliphatic rings. The van der Waals surface area contributed by atoms with Crippen LogP contribution in [0.5, 0.6) is 0 Å². The molecule has 0 aliphatic carbocycles. The van der Waals surface area contributed by atoms with E-state index < -0.39 is 0 Å². The number of nitrogens with zero attached hydrogens (tertiary/aromatic N) is 2. The lowest BCUT2D eigenvalue weighted by molar-refractivity contribution is 0.0961. The van der Waals surface area contributed by atoms with Gasteiger partial charge in [0, 0.05) is 4.47 Å². The summed E-state index contributed by atoms with van der Waals surface area (Å²) in [5, 5.41) is 7.50. The standard InChI is InChI=1S/C12H12BrN5O2/c1-2-9-11(20)14-12(17-15-9)18-16-10(19)7-5-3-4-6-8(7)13/h3-6H,2H2,1H3,(H,16,19)(H2,14,17,18,20). The molecule has 7 nitrogen and oxygen atoms in total. The van der Waals surface area contributed by atoms with E-state index in [0.717, 1.165) is 0 Å². The second-order valence-electron chi connectivity index (χ2n) is 3.86. The molecule has 0 saturated carbocycles. The van der Waals surface area contributed by atoms with Crippen molar-refractivity contribution in [3.05, 3.63) is 50.3 Å². The minimum atomic E-state index is -0.361. The van der Waals surface area contributed by atoms with Crippen LogP contribution in [0.15, 0.2) is 33.5 Å². The number of hydrazine groups is 1. The van der Waals surface area contributed by atoms with Crippen molar-refractivity contribution in [2.45, 2.75) is 13.3 Å². The highest BCUT2D eigenvalue weighted by molar-refractivity contribution is 9.10. The number of anilines is 1. The van der Waals surface area contributed by atoms with Gasteiger partial charge in [0.05, 0.1) is 5.56 Å². The number of nitrogens with one attached hydrogen (secondary N) is 3. The first-order valence-electron chi connectivity index (χ1n) is 5.88. The highest BCUT2D eigenvalue weighted by Crippen LogP contribution is 2.15. The minimum absolute atomic E-state index is 0.0765. The Hall–Kier alpha value is -2.22. The van der Waals surface area contributed by atoms with E-state index in [1.165, 1.54) is 0 Å². The van der Waals surface area contributed by atoms with E-state index in [1.807, 2.05) is 0 Å². The van der Waals surface area contributed by atoms with Crippen molar-refractivity contribution in [3.8, 4) is 0 Å². The number of carbonyl (C=O) groups excluding carboxylic acids is 1. The molecular formula is C12H12BrN5O2. The van der Waals surface area contributed by atoms with Gasteiger partial charge in [0.15, 0.2) is 0 Å². The number of rotatable bonds is 4. The van der Waals surface area contributed by atoms with Gasteiger partial charge in [0.25, 0.3) is 11.5 Å². The zero-order valence-corrected chi connectivity index (χ0v) is 12.2. The van der Waals surface area contributed by atoms with Gasteiger partial charge in [-0.15, -0.1) is 10.2 Å². The van der Waals surface area contributed by atoms with Gasteiger partial charge in [0.1, 0.15) is 5.69 Å². The predicted octanol–water partition coefficient (Wildman–Crippen LogP) is 1.25. The summed E-state index contributed by atoms with van der Waals surface area (Å²) >= 11 is 3.28. The van der Waals surface area contributed by atoms with Crippen molar-refractivity contribution >= 4 is 27.8 Å². The maximum atomic E-state index is 11.9. The Balaban J connectivity index is 2.06. The summed E-state index contributed by atoms with van der Waals surface area (Å²) in [6.45, 7) is 1.81. The molecule has 0 atom stereocenters. The van der Waals surface area contributed by atoms with Gasteiger partial charge in [-0.05, 0) is 34.5 Å². The molecule has 0 fully saturated rings. The molecule has 8 heteroatoms. The highest BCUT2D eigenvalue weighted by atomic mass is 79.9. The van der Waals surface area contributed by atoms with Gasteiger partial charge in [-0.1, -0.05) is 19.1 Å². The summed E-state index contributed by atoms with van der Waals surface area (Å²) in [5.41, 5.74) is 5.41. The van der Waals surface area contributed by atoms with Crippen LogP contribution in [-0.4, -0.2) is 21.1 Å². The number of halogens is 1. The molecule has 1 amide bonds. The zero-order chi connectivity index (χ0) is 14.5. The fourth-order valence-electron chi connectivity index (χ4n) is 1.48. The first-order valence-corrected chi connectivity index (χ1v) is 6.68. The van der Waals surface area contributed by atoms with E-state index in [0.29, 0.717) is 22.2 Å². The second-order valence-corrected chi connectivity index (χ2v) is 4.72. The van der Waals surface area contributed by atoms with E-state index in [4.69, 9.17) is 0 Å². The minimum Gasteiger partial charge on any atom is -0.288 e. The van der Waals surface area contributed by atoms with Crippen LogP contribution in [0.25, 0.3) is 0 Å². The summed E-state index contributed by atoms with van der Waals surface area (Å²) < 4.78 is 0.667. The maximum absolute atomic E-state index is 11.9. The summed E-state index contributed by atoms with van der Waals surface area (Å²) in [5.74, 6) is -0.285. The monoisotopic (exact) mass is 337 g/mol. The third-order valence-electron chi connectivity index (χ3n) is 2.51. The predicted molar refractivity (Wildman–Crippen MR) is 77.3 cm³/mol. The first-order chi connectivity index (χ1) is 9.61. The Bertz CT molecular complexity index is 686. The summed E-state index contributed by atoms with van der Waals surface area (Å²) in [6.07, 6.45) is 0.492. The van der Waals surface area contributed by atoms with E-state index in [-0.39, 0.29) is 17.4 Å². The topological polar surface area (TPSA) is 99.8 Å². The molecule has 0 aliphatic heterocycles. The highest BCUT2D eigenvalue weighted by Gasteiger charge is 2.09. The smallest absolute Gasteiger partial charge is 0.274 e. The number of hydrogen-bond donors (Lipinski definition) is 3. The lowest BCUT2D eigenvalue weighted by Crippen LogP contribution is -2.32. The summed E-state index contributed by atoms with van der Waals surface area (Å²) in [7, 11) is 0. The number of H-pyrrole nitrogens is 1. The van der Waals surface area contributed by atoms with Gasteiger partial charge in [-0.3, -0.25) is 25.4 Å². The number of carbonyl (C=O) groups is 1. The average Bonchev–Trinajstić information content (AvgIpc) is 2.45. The van der Waals surface area contributed by atoms with Crippen LogP contribution in [0.3, 0.4) is 0 Å². The zero-order valence-electron chi connectivity index (χ0n) is 10.6. The van der Waals surface area contributed by atoms with E-state index >= 15 is 0 Å². The summed E-state index contributed by atoms with van der Waals surface area (Å²) in [4.78, 5) is 25.9. The molecule has 1 aromatic carbocycles. The normalized spacial score (nSPS) is 10.1. The number of aromatic amines is 1. The van der Waals surface area contributed by atoms with Crippen molar-refractivity contribution in [2.75, 3.05) is 5.43 Å². The Labute approximate surface area is 122 Å². The molecule has 0 saturated heterocycles. The molecule has 2 aromatic rings. The Morgan fingerprint density at radius 1 is 1.35 bits per heavy atom. The third-order valence-corrected chi connectivity index (χ3v) is 3.20. The van der Waals surface area contributed by atoms with E-state index in [2.05, 4.69) is 42.0 Å². The third kappa shape index (κ3) is 3.21. The SMILES string of the molecule is CCc1nnc(NNC(=O)c2ccccc2Br)[nH]c1=O. The van der Waals surface area contributed by atoms with Crippen LogP contribution in [0.2, 0.25) is 0 Å². The van der Waals surface area contributed by atoms with Gasteiger partial charge in [-0.2, -0.15) is 0 Å². The van der Waals surface area contributed by atoms with Crippen LogP contribution < -0.4 is 16.4 Å². The maximum Gasteiger partial charge on any atom is 0.274 e. The van der Waals surface area contributed by atoms with Crippen LogP contribution >= 0.6 is 15.9 Å². The number of amides is 1. The lowest BCUT2D eigenvalue weighted by Gasteiger charge is -2.08. The molecule has 2 rings (SSSR count). The second kappa shape index (κ2) is 6.29. The van der Waals surface area contributed by atoms with Gasteiger partial charge >= 0.3 is 0 Å². The molecule has 0 bridgehead atoms. The Kier molecular flexibility index (Phi) is 4.46. The average molecular weight is 338 g/mol. The number of aryl methyl sites for hydroxylation is 1. The van der Waals surface area contributed by atoms with Crippen molar-refractivity contribution in [1.82, 2.24) is 20.6 Å². The van der Waals surface area contributed by atoms with Gasteiger partial charge < -0.3 is 0 Å². The fraction of sp³-hybridized carbons (Fsp3) is 0.167. The number of hydrogen-bond acceptors (Lipinski definition) is 5. The van der Waals surface area contributed by atoms with Crippen molar-refractivity contribution in [1.29, 1.82) is 0 Å². The molecule has 1 aromatic heterocycles. The first kappa shape index (κ1) is 14.2. The van der Waals surface area contributed by atoms with Crippen LogP contribution in [0, 0.1) is 0 Å². The molecule has 3 N–H and O–H groups in total. The molecule has 0 unspecified atom stereocenters. The van der Waals surface area contributed by atoms with Gasteiger partial charge in [-0.25, -0.2) is 0 Å². The Morgan fingerprint density at radius 2 is 2.10 bits per heavy atom. The molecule has 104 valence electrons. The largest absolute Gasteiger partial charge is 0.288 e. The van der Waals surface area contributed by atoms with Crippen LogP contribution in [0.4, 0.5) is 5.95 Å². The molecule has 20 heavy (non-hydrogen) atoms. The summed E-state index contributed by atoms with van der Waals surface area (Å²) in [6, 6.07) is 6.97. The van der Waals surface area contributed by atoms with Crippen molar-refractivity contribution in [3.63, 3.8) is 0 Å². The van der Waals surface area contributed by atoms with Crippen LogP contribution in [0.1, 0.15) is 23.0 Å². The number of aromatic nitrogens is 3. The number of benzene rings is 1. The van der Waals surface area contributed by atoms with Crippen LogP contribution in [-0.2, 0) is 6.42 Å².